The Morgan fingerprint density at radius 3 is 2.81 bits per heavy atom. The first-order valence-corrected chi connectivity index (χ1v) is 7.53. The summed E-state index contributed by atoms with van der Waals surface area (Å²) >= 11 is 0. The normalized spacial score (nSPS) is 22.0. The second kappa shape index (κ2) is 5.01. The highest BCUT2D eigenvalue weighted by Gasteiger charge is 2.28. The van der Waals surface area contributed by atoms with Crippen LogP contribution in [0.15, 0.2) is 54.7 Å². The summed E-state index contributed by atoms with van der Waals surface area (Å²) in [6.07, 6.45) is 4.45. The molecule has 2 atom stereocenters. The van der Waals surface area contributed by atoms with E-state index < -0.39 is 6.10 Å². The Hall–Kier alpha value is -2.13. The standard InChI is InChI=1S/C18H18N2O/c21-18-15-9-3-1-6-13(15)8-5-11-17(18)20-16-10-4-2-7-14(16)12-19-20/h1-4,6-7,9-10,12,17-18,21H,5,8,11H2. The van der Waals surface area contributed by atoms with E-state index in [1.165, 1.54) is 5.56 Å². The fourth-order valence-electron chi connectivity index (χ4n) is 3.43. The molecule has 3 heteroatoms. The van der Waals surface area contributed by atoms with Crippen molar-refractivity contribution in [2.45, 2.75) is 31.4 Å². The Kier molecular flexibility index (Phi) is 3.00. The molecule has 3 aromatic rings. The highest BCUT2D eigenvalue weighted by atomic mass is 16.3. The van der Waals surface area contributed by atoms with E-state index in [-0.39, 0.29) is 6.04 Å². The van der Waals surface area contributed by atoms with Crippen molar-refractivity contribution >= 4 is 10.9 Å². The number of hydrogen-bond acceptors (Lipinski definition) is 2. The van der Waals surface area contributed by atoms with Gasteiger partial charge in [-0.25, -0.2) is 0 Å². The van der Waals surface area contributed by atoms with E-state index in [2.05, 4.69) is 29.4 Å². The zero-order chi connectivity index (χ0) is 14.2. The van der Waals surface area contributed by atoms with Gasteiger partial charge in [0.2, 0.25) is 0 Å². The molecule has 1 N–H and O–H groups in total. The summed E-state index contributed by atoms with van der Waals surface area (Å²) in [5, 5.41) is 16.5. The predicted octanol–water partition coefficient (Wildman–Crippen LogP) is 3.65. The maximum atomic E-state index is 10.9. The Balaban J connectivity index is 1.82. The van der Waals surface area contributed by atoms with Gasteiger partial charge in [0.25, 0.3) is 0 Å². The summed E-state index contributed by atoms with van der Waals surface area (Å²) in [5.41, 5.74) is 3.42. The third-order valence-electron chi connectivity index (χ3n) is 4.50. The van der Waals surface area contributed by atoms with Gasteiger partial charge in [-0.3, -0.25) is 4.68 Å². The van der Waals surface area contributed by atoms with Crippen molar-refractivity contribution in [2.24, 2.45) is 0 Å². The van der Waals surface area contributed by atoms with Gasteiger partial charge in [-0.05, 0) is 36.5 Å². The first-order chi connectivity index (χ1) is 10.3. The van der Waals surface area contributed by atoms with Crippen LogP contribution in [0.3, 0.4) is 0 Å². The van der Waals surface area contributed by atoms with Crippen molar-refractivity contribution < 1.29 is 5.11 Å². The van der Waals surface area contributed by atoms with E-state index >= 15 is 0 Å². The molecule has 1 aromatic heterocycles. The van der Waals surface area contributed by atoms with E-state index in [9.17, 15) is 5.11 Å². The molecule has 2 aromatic carbocycles. The Bertz CT molecular complexity index is 777. The van der Waals surface area contributed by atoms with Crippen molar-refractivity contribution in [3.8, 4) is 0 Å². The molecule has 1 aliphatic carbocycles. The molecule has 0 bridgehead atoms. The smallest absolute Gasteiger partial charge is 0.102 e. The molecule has 106 valence electrons. The van der Waals surface area contributed by atoms with Crippen molar-refractivity contribution in [1.82, 2.24) is 9.78 Å². The SMILES string of the molecule is OC1c2ccccc2CCCC1n1ncc2ccccc21. The second-order valence-electron chi connectivity index (χ2n) is 5.75. The maximum Gasteiger partial charge on any atom is 0.102 e. The molecule has 4 rings (SSSR count). The summed E-state index contributed by atoms with van der Waals surface area (Å²) < 4.78 is 2.00. The summed E-state index contributed by atoms with van der Waals surface area (Å²) in [7, 11) is 0. The Morgan fingerprint density at radius 1 is 1.05 bits per heavy atom. The number of hydrogen-bond donors (Lipinski definition) is 1. The van der Waals surface area contributed by atoms with Crippen LogP contribution in [-0.4, -0.2) is 14.9 Å². The molecule has 0 saturated carbocycles. The molecule has 0 amide bonds. The zero-order valence-electron chi connectivity index (χ0n) is 11.8. The van der Waals surface area contributed by atoms with Crippen molar-refractivity contribution in [3.63, 3.8) is 0 Å². The zero-order valence-corrected chi connectivity index (χ0v) is 11.8. The fraction of sp³-hybridized carbons (Fsp3) is 0.278. The molecule has 0 saturated heterocycles. The lowest BCUT2D eigenvalue weighted by atomic mass is 9.99. The monoisotopic (exact) mass is 278 g/mol. The van der Waals surface area contributed by atoms with E-state index in [0.717, 1.165) is 35.7 Å². The molecule has 0 spiro atoms. The van der Waals surface area contributed by atoms with Crippen LogP contribution in [-0.2, 0) is 6.42 Å². The van der Waals surface area contributed by atoms with Crippen LogP contribution in [0, 0.1) is 0 Å². The lowest BCUT2D eigenvalue weighted by Gasteiger charge is -2.23. The predicted molar refractivity (Wildman–Crippen MR) is 83.1 cm³/mol. The average Bonchev–Trinajstić information content (AvgIpc) is 2.88. The third kappa shape index (κ3) is 2.05. The quantitative estimate of drug-likeness (QED) is 0.690. The minimum absolute atomic E-state index is 0.00792. The summed E-state index contributed by atoms with van der Waals surface area (Å²) in [4.78, 5) is 0. The van der Waals surface area contributed by atoms with Crippen LogP contribution in [0.25, 0.3) is 10.9 Å². The molecule has 0 radical (unpaired) electrons. The topological polar surface area (TPSA) is 38.0 Å². The van der Waals surface area contributed by atoms with Gasteiger partial charge in [0.15, 0.2) is 0 Å². The van der Waals surface area contributed by atoms with Crippen LogP contribution in [0.4, 0.5) is 0 Å². The number of benzene rings is 2. The minimum atomic E-state index is -0.494. The third-order valence-corrected chi connectivity index (χ3v) is 4.50. The van der Waals surface area contributed by atoms with Crippen molar-refractivity contribution in [3.05, 3.63) is 65.9 Å². The lowest BCUT2D eigenvalue weighted by molar-refractivity contribution is 0.106. The summed E-state index contributed by atoms with van der Waals surface area (Å²) in [6, 6.07) is 16.4. The summed E-state index contributed by atoms with van der Waals surface area (Å²) in [6.45, 7) is 0. The van der Waals surface area contributed by atoms with Crippen LogP contribution < -0.4 is 0 Å². The van der Waals surface area contributed by atoms with Gasteiger partial charge in [0, 0.05) is 5.39 Å². The number of fused-ring (bicyclic) bond motifs is 2. The molecule has 21 heavy (non-hydrogen) atoms. The van der Waals surface area contributed by atoms with E-state index in [0.29, 0.717) is 0 Å². The van der Waals surface area contributed by atoms with Gasteiger partial charge >= 0.3 is 0 Å². The van der Waals surface area contributed by atoms with Crippen LogP contribution in [0.5, 0.6) is 0 Å². The summed E-state index contributed by atoms with van der Waals surface area (Å²) in [5.74, 6) is 0. The van der Waals surface area contributed by atoms with E-state index in [4.69, 9.17) is 0 Å². The number of nitrogens with zero attached hydrogens (tertiary/aromatic N) is 2. The number of rotatable bonds is 1. The highest BCUT2D eigenvalue weighted by Crippen LogP contribution is 2.37. The van der Waals surface area contributed by atoms with Gasteiger partial charge in [-0.1, -0.05) is 42.5 Å². The molecule has 1 heterocycles. The van der Waals surface area contributed by atoms with Crippen LogP contribution in [0.1, 0.15) is 36.1 Å². The number of aryl methyl sites for hydroxylation is 1. The molecule has 0 fully saturated rings. The van der Waals surface area contributed by atoms with Gasteiger partial charge in [-0.15, -0.1) is 0 Å². The minimum Gasteiger partial charge on any atom is -0.386 e. The van der Waals surface area contributed by atoms with Gasteiger partial charge < -0.3 is 5.11 Å². The first-order valence-electron chi connectivity index (χ1n) is 7.53. The van der Waals surface area contributed by atoms with Crippen LogP contribution in [0.2, 0.25) is 0 Å². The van der Waals surface area contributed by atoms with Crippen molar-refractivity contribution in [1.29, 1.82) is 0 Å². The average molecular weight is 278 g/mol. The number of aliphatic hydroxyl groups is 1. The van der Waals surface area contributed by atoms with Gasteiger partial charge in [-0.2, -0.15) is 5.10 Å². The number of aromatic nitrogens is 2. The van der Waals surface area contributed by atoms with Crippen molar-refractivity contribution in [2.75, 3.05) is 0 Å². The number of aliphatic hydroxyl groups excluding tert-OH is 1. The Morgan fingerprint density at radius 2 is 1.86 bits per heavy atom. The van der Waals surface area contributed by atoms with Crippen LogP contribution >= 0.6 is 0 Å². The largest absolute Gasteiger partial charge is 0.386 e. The van der Waals surface area contributed by atoms with E-state index in [1.54, 1.807) is 0 Å². The number of para-hydroxylation sites is 1. The van der Waals surface area contributed by atoms with Gasteiger partial charge in [0.1, 0.15) is 6.10 Å². The van der Waals surface area contributed by atoms with Gasteiger partial charge in [0.05, 0.1) is 17.8 Å². The highest BCUT2D eigenvalue weighted by molar-refractivity contribution is 5.78. The first kappa shape index (κ1) is 12.6. The molecule has 2 unspecified atom stereocenters. The molecular formula is C18H18N2O. The lowest BCUT2D eigenvalue weighted by Crippen LogP contribution is -2.18. The second-order valence-corrected chi connectivity index (χ2v) is 5.75. The molecular weight excluding hydrogens is 260 g/mol. The fourth-order valence-corrected chi connectivity index (χ4v) is 3.43. The maximum absolute atomic E-state index is 10.9. The molecule has 3 nitrogen and oxygen atoms in total. The Labute approximate surface area is 123 Å². The molecule has 0 aliphatic heterocycles. The molecule has 1 aliphatic rings. The van der Waals surface area contributed by atoms with E-state index in [1.807, 2.05) is 35.1 Å².